The van der Waals surface area contributed by atoms with Gasteiger partial charge in [-0.15, -0.1) is 0 Å². The lowest BCUT2D eigenvalue weighted by Gasteiger charge is -2.12. The number of fused-ring (bicyclic) bond motifs is 2. The van der Waals surface area contributed by atoms with Gasteiger partial charge in [0.2, 0.25) is 6.79 Å². The Labute approximate surface area is 113 Å². The number of benzene rings is 1. The van der Waals surface area contributed by atoms with Crippen LogP contribution in [0.15, 0.2) is 12.1 Å². The first kappa shape index (κ1) is 13.1. The van der Waals surface area contributed by atoms with E-state index in [0.29, 0.717) is 22.4 Å². The summed E-state index contributed by atoms with van der Waals surface area (Å²) in [6.45, 7) is 0.283. The lowest BCUT2D eigenvalue weighted by molar-refractivity contribution is -0.141. The van der Waals surface area contributed by atoms with Gasteiger partial charge < -0.3 is 19.4 Å². The minimum absolute atomic E-state index is 0.0943. The van der Waals surface area contributed by atoms with Crippen molar-refractivity contribution in [3.05, 3.63) is 23.4 Å². The fraction of sp³-hybridized carbons (Fsp3) is 0.385. The summed E-state index contributed by atoms with van der Waals surface area (Å²) in [5.41, 5.74) is -0.0981. The van der Waals surface area contributed by atoms with Crippen LogP contribution in [0.2, 0.25) is 0 Å². The quantitative estimate of drug-likeness (QED) is 0.922. The molecule has 20 heavy (non-hydrogen) atoms. The molecular formula is C13H13F3N2O2. The van der Waals surface area contributed by atoms with E-state index in [1.807, 2.05) is 0 Å². The fourth-order valence-corrected chi connectivity index (χ4v) is 2.36. The molecule has 4 nitrogen and oxygen atoms in total. The zero-order valence-corrected chi connectivity index (χ0v) is 11.0. The van der Waals surface area contributed by atoms with Crippen molar-refractivity contribution in [1.82, 2.24) is 9.88 Å². The summed E-state index contributed by atoms with van der Waals surface area (Å²) in [6.07, 6.45) is -4.42. The van der Waals surface area contributed by atoms with Gasteiger partial charge in [-0.3, -0.25) is 0 Å². The van der Waals surface area contributed by atoms with Crippen molar-refractivity contribution >= 4 is 10.9 Å². The molecule has 1 aliphatic heterocycles. The standard InChI is InChI=1S/C13H13F3N2O2/c1-18(2)5-8-7-3-10-11(20-6-19-10)4-9(7)17-12(8)13(14,15)16/h3-4,17H,5-6H2,1-2H3. The van der Waals surface area contributed by atoms with Crippen LogP contribution in [0, 0.1) is 0 Å². The highest BCUT2D eigenvalue weighted by atomic mass is 19.4. The zero-order valence-electron chi connectivity index (χ0n) is 11.0. The molecule has 0 aliphatic carbocycles. The highest BCUT2D eigenvalue weighted by Crippen LogP contribution is 2.41. The van der Waals surface area contributed by atoms with E-state index in [0.717, 1.165) is 0 Å². The second kappa shape index (κ2) is 4.31. The van der Waals surface area contributed by atoms with Crippen molar-refractivity contribution in [2.24, 2.45) is 0 Å². The molecule has 0 unspecified atom stereocenters. The van der Waals surface area contributed by atoms with E-state index < -0.39 is 11.9 Å². The van der Waals surface area contributed by atoms with Crippen molar-refractivity contribution < 1.29 is 22.6 Å². The Bertz CT molecular complexity index is 662. The van der Waals surface area contributed by atoms with E-state index in [9.17, 15) is 13.2 Å². The fourth-order valence-electron chi connectivity index (χ4n) is 2.36. The maximum Gasteiger partial charge on any atom is 0.431 e. The van der Waals surface area contributed by atoms with Gasteiger partial charge >= 0.3 is 6.18 Å². The molecule has 0 saturated carbocycles. The van der Waals surface area contributed by atoms with Crippen LogP contribution in [0.4, 0.5) is 13.2 Å². The highest BCUT2D eigenvalue weighted by Gasteiger charge is 2.37. The number of rotatable bonds is 2. The summed E-state index contributed by atoms with van der Waals surface area (Å²) >= 11 is 0. The number of aromatic nitrogens is 1. The first-order valence-electron chi connectivity index (χ1n) is 6.02. The van der Waals surface area contributed by atoms with E-state index in [1.54, 1.807) is 31.1 Å². The third kappa shape index (κ3) is 2.07. The first-order chi connectivity index (χ1) is 9.36. The van der Waals surface area contributed by atoms with Crippen molar-refractivity contribution in [3.63, 3.8) is 0 Å². The molecule has 0 fully saturated rings. The highest BCUT2D eigenvalue weighted by molar-refractivity contribution is 5.88. The lowest BCUT2D eigenvalue weighted by atomic mass is 10.1. The van der Waals surface area contributed by atoms with Gasteiger partial charge in [-0.25, -0.2) is 0 Å². The SMILES string of the molecule is CN(C)Cc1c(C(F)(F)F)[nH]c2cc3c(cc12)OCO3. The van der Waals surface area contributed by atoms with Crippen LogP contribution in [0.25, 0.3) is 10.9 Å². The minimum atomic E-state index is -4.42. The average molecular weight is 286 g/mol. The Balaban J connectivity index is 2.23. The maximum atomic E-state index is 13.1. The van der Waals surface area contributed by atoms with E-state index in [4.69, 9.17) is 9.47 Å². The van der Waals surface area contributed by atoms with Crippen LogP contribution < -0.4 is 9.47 Å². The second-order valence-electron chi connectivity index (χ2n) is 4.97. The number of hydrogen-bond donors (Lipinski definition) is 1. The third-order valence-electron chi connectivity index (χ3n) is 3.16. The summed E-state index contributed by atoms with van der Waals surface area (Å²) in [5.74, 6) is 0.939. The Morgan fingerprint density at radius 1 is 1.20 bits per heavy atom. The molecule has 108 valence electrons. The Hall–Kier alpha value is -1.89. The van der Waals surface area contributed by atoms with Crippen LogP contribution in [0.3, 0.4) is 0 Å². The van der Waals surface area contributed by atoms with E-state index in [2.05, 4.69) is 4.98 Å². The number of halogens is 3. The van der Waals surface area contributed by atoms with Crippen LogP contribution in [0.5, 0.6) is 11.5 Å². The maximum absolute atomic E-state index is 13.1. The number of ether oxygens (including phenoxy) is 2. The van der Waals surface area contributed by atoms with Crippen molar-refractivity contribution in [2.45, 2.75) is 12.7 Å². The molecule has 2 heterocycles. The Kier molecular flexibility index (Phi) is 2.82. The summed E-state index contributed by atoms with van der Waals surface area (Å²) in [4.78, 5) is 4.15. The van der Waals surface area contributed by atoms with Crippen LogP contribution in [-0.4, -0.2) is 30.8 Å². The van der Waals surface area contributed by atoms with Crippen molar-refractivity contribution in [3.8, 4) is 11.5 Å². The molecule has 2 aromatic rings. The summed E-state index contributed by atoms with van der Waals surface area (Å²) in [6, 6.07) is 3.15. The van der Waals surface area contributed by atoms with E-state index in [-0.39, 0.29) is 18.9 Å². The molecule has 1 aromatic heterocycles. The van der Waals surface area contributed by atoms with Gasteiger partial charge in [-0.1, -0.05) is 0 Å². The number of H-pyrrole nitrogens is 1. The normalized spacial score (nSPS) is 14.5. The second-order valence-corrected chi connectivity index (χ2v) is 4.97. The van der Waals surface area contributed by atoms with Gasteiger partial charge in [0, 0.05) is 23.6 Å². The Morgan fingerprint density at radius 3 is 2.45 bits per heavy atom. The van der Waals surface area contributed by atoms with Gasteiger partial charge in [0.25, 0.3) is 0 Å². The number of hydrogen-bond acceptors (Lipinski definition) is 3. The molecular weight excluding hydrogens is 273 g/mol. The van der Waals surface area contributed by atoms with Crippen LogP contribution >= 0.6 is 0 Å². The average Bonchev–Trinajstić information content (AvgIpc) is 2.89. The van der Waals surface area contributed by atoms with E-state index >= 15 is 0 Å². The smallest absolute Gasteiger partial charge is 0.431 e. The summed E-state index contributed by atoms with van der Waals surface area (Å²) in [5, 5.41) is 0.510. The van der Waals surface area contributed by atoms with E-state index in [1.165, 1.54) is 0 Å². The molecule has 7 heteroatoms. The predicted octanol–water partition coefficient (Wildman–Crippen LogP) is 2.98. The molecule has 3 rings (SSSR count). The molecule has 0 amide bonds. The molecule has 0 bridgehead atoms. The number of alkyl halides is 3. The third-order valence-corrected chi connectivity index (χ3v) is 3.16. The molecule has 0 radical (unpaired) electrons. The zero-order chi connectivity index (χ0) is 14.5. The van der Waals surface area contributed by atoms with Gasteiger partial charge in [0.1, 0.15) is 5.69 Å². The predicted molar refractivity (Wildman–Crippen MR) is 66.8 cm³/mol. The number of nitrogens with zero attached hydrogens (tertiary/aromatic N) is 1. The van der Waals surface area contributed by atoms with Crippen molar-refractivity contribution in [2.75, 3.05) is 20.9 Å². The van der Waals surface area contributed by atoms with Crippen LogP contribution in [0.1, 0.15) is 11.3 Å². The molecule has 0 saturated heterocycles. The van der Waals surface area contributed by atoms with Crippen LogP contribution in [-0.2, 0) is 12.7 Å². The van der Waals surface area contributed by atoms with Gasteiger partial charge in [0.15, 0.2) is 11.5 Å². The minimum Gasteiger partial charge on any atom is -0.454 e. The lowest BCUT2D eigenvalue weighted by Crippen LogP contribution is -2.15. The Morgan fingerprint density at radius 2 is 1.85 bits per heavy atom. The topological polar surface area (TPSA) is 37.5 Å². The largest absolute Gasteiger partial charge is 0.454 e. The van der Waals surface area contributed by atoms with Gasteiger partial charge in [-0.05, 0) is 20.2 Å². The first-order valence-corrected chi connectivity index (χ1v) is 6.02. The molecule has 0 atom stereocenters. The summed E-state index contributed by atoms with van der Waals surface area (Å²) < 4.78 is 49.8. The molecule has 1 N–H and O–H groups in total. The monoisotopic (exact) mass is 286 g/mol. The van der Waals surface area contributed by atoms with Gasteiger partial charge in [-0.2, -0.15) is 13.2 Å². The summed E-state index contributed by atoms with van der Waals surface area (Å²) in [7, 11) is 3.46. The molecule has 0 spiro atoms. The van der Waals surface area contributed by atoms with Crippen molar-refractivity contribution in [1.29, 1.82) is 0 Å². The number of aromatic amines is 1. The molecule has 1 aromatic carbocycles. The molecule has 1 aliphatic rings. The van der Waals surface area contributed by atoms with Gasteiger partial charge in [0.05, 0.1) is 5.52 Å². The number of nitrogens with one attached hydrogen (secondary N) is 1.